The van der Waals surface area contributed by atoms with Gasteiger partial charge in [-0.25, -0.2) is 0 Å². The molecule has 1 aromatic carbocycles. The average Bonchev–Trinajstić information content (AvgIpc) is 2.48. The maximum atomic E-state index is 5.85. The van der Waals surface area contributed by atoms with Crippen molar-refractivity contribution in [1.82, 2.24) is 10.3 Å². The van der Waals surface area contributed by atoms with Crippen LogP contribution in [0.3, 0.4) is 0 Å². The van der Waals surface area contributed by atoms with Crippen molar-refractivity contribution in [3.8, 4) is 0 Å². The minimum absolute atomic E-state index is 0.171. The lowest BCUT2D eigenvalue weighted by atomic mass is 9.73. The van der Waals surface area contributed by atoms with Crippen LogP contribution in [0.1, 0.15) is 25.0 Å². The van der Waals surface area contributed by atoms with E-state index in [1.807, 2.05) is 0 Å². The summed E-state index contributed by atoms with van der Waals surface area (Å²) in [5, 5.41) is 4.65. The normalized spacial score (nSPS) is 18.6. The Bertz CT molecular complexity index is 553. The molecule has 3 N–H and O–H groups in total. The van der Waals surface area contributed by atoms with E-state index in [4.69, 9.17) is 10.7 Å². The van der Waals surface area contributed by atoms with Crippen LogP contribution < -0.4 is 11.1 Å². The molecule has 19 heavy (non-hydrogen) atoms. The molecule has 1 aromatic heterocycles. The first-order chi connectivity index (χ1) is 9.34. The molecule has 2 aromatic rings. The lowest BCUT2D eigenvalue weighted by Crippen LogP contribution is -2.41. The molecule has 0 aliphatic carbocycles. The minimum Gasteiger partial charge on any atom is -0.330 e. The molecule has 3 heteroatoms. The molecule has 0 radical (unpaired) electrons. The van der Waals surface area contributed by atoms with Crippen molar-refractivity contribution in [2.75, 3.05) is 19.6 Å². The molecule has 0 atom stereocenters. The average molecular weight is 255 g/mol. The number of nitrogens with one attached hydrogen (secondary N) is 1. The van der Waals surface area contributed by atoms with Gasteiger partial charge < -0.3 is 11.1 Å². The first kappa shape index (κ1) is 12.6. The van der Waals surface area contributed by atoms with E-state index in [2.05, 4.69) is 41.7 Å². The van der Waals surface area contributed by atoms with Gasteiger partial charge in [0.15, 0.2) is 0 Å². The second-order valence-corrected chi connectivity index (χ2v) is 5.46. The summed E-state index contributed by atoms with van der Waals surface area (Å²) in [6, 6.07) is 12.7. The van der Waals surface area contributed by atoms with Gasteiger partial charge in [0.1, 0.15) is 0 Å². The molecule has 0 bridgehead atoms. The van der Waals surface area contributed by atoms with Gasteiger partial charge >= 0.3 is 0 Å². The largest absolute Gasteiger partial charge is 0.330 e. The number of hydrogen-bond donors (Lipinski definition) is 2. The molecule has 1 aliphatic rings. The van der Waals surface area contributed by atoms with Crippen LogP contribution in [-0.2, 0) is 5.41 Å². The van der Waals surface area contributed by atoms with Gasteiger partial charge in [-0.05, 0) is 51.0 Å². The highest BCUT2D eigenvalue weighted by atomic mass is 14.9. The highest BCUT2D eigenvalue weighted by Crippen LogP contribution is 2.36. The monoisotopic (exact) mass is 255 g/mol. The number of para-hydroxylation sites is 1. The van der Waals surface area contributed by atoms with Crippen molar-refractivity contribution in [3.63, 3.8) is 0 Å². The van der Waals surface area contributed by atoms with Gasteiger partial charge in [-0.3, -0.25) is 4.98 Å². The van der Waals surface area contributed by atoms with Crippen LogP contribution in [0.5, 0.6) is 0 Å². The maximum absolute atomic E-state index is 5.85. The van der Waals surface area contributed by atoms with E-state index in [9.17, 15) is 0 Å². The van der Waals surface area contributed by atoms with E-state index in [1.54, 1.807) is 0 Å². The molecule has 1 saturated heterocycles. The molecule has 3 rings (SSSR count). The van der Waals surface area contributed by atoms with Gasteiger partial charge in [0.25, 0.3) is 0 Å². The number of rotatable bonds is 3. The summed E-state index contributed by atoms with van der Waals surface area (Å²) < 4.78 is 0. The highest BCUT2D eigenvalue weighted by molar-refractivity contribution is 5.78. The summed E-state index contributed by atoms with van der Waals surface area (Å²) in [5.74, 6) is 0. The topological polar surface area (TPSA) is 50.9 Å². The molecule has 1 aliphatic heterocycles. The summed E-state index contributed by atoms with van der Waals surface area (Å²) in [5.41, 5.74) is 8.33. The number of hydrogen-bond acceptors (Lipinski definition) is 3. The van der Waals surface area contributed by atoms with E-state index in [1.165, 1.54) is 11.1 Å². The van der Waals surface area contributed by atoms with Crippen molar-refractivity contribution >= 4 is 10.9 Å². The molecular weight excluding hydrogens is 234 g/mol. The number of fused-ring (bicyclic) bond motifs is 1. The highest BCUT2D eigenvalue weighted by Gasteiger charge is 2.34. The van der Waals surface area contributed by atoms with Gasteiger partial charge in [0.2, 0.25) is 0 Å². The predicted octanol–water partition coefficient (Wildman–Crippen LogP) is 2.20. The van der Waals surface area contributed by atoms with E-state index in [-0.39, 0.29) is 5.41 Å². The third-order valence-electron chi connectivity index (χ3n) is 4.33. The molecule has 1 fully saturated rings. The number of piperidine rings is 1. The molecule has 0 saturated carbocycles. The Labute approximate surface area is 114 Å². The van der Waals surface area contributed by atoms with Gasteiger partial charge in [-0.2, -0.15) is 0 Å². The first-order valence-electron chi connectivity index (χ1n) is 7.11. The van der Waals surface area contributed by atoms with Crippen LogP contribution in [0.15, 0.2) is 36.4 Å². The SMILES string of the molecule is NCCC1(c2ccc3ccccc3n2)CCNCC1. The summed E-state index contributed by atoms with van der Waals surface area (Å²) in [7, 11) is 0. The molecular formula is C16H21N3. The number of benzene rings is 1. The van der Waals surface area contributed by atoms with Gasteiger partial charge in [-0.15, -0.1) is 0 Å². The Hall–Kier alpha value is -1.45. The zero-order valence-corrected chi connectivity index (χ0v) is 11.2. The number of nitrogens with zero attached hydrogens (tertiary/aromatic N) is 1. The second kappa shape index (κ2) is 5.27. The third-order valence-corrected chi connectivity index (χ3v) is 4.33. The van der Waals surface area contributed by atoms with Crippen LogP contribution in [0.2, 0.25) is 0 Å². The van der Waals surface area contributed by atoms with Crippen LogP contribution in [0.25, 0.3) is 10.9 Å². The van der Waals surface area contributed by atoms with E-state index >= 15 is 0 Å². The Morgan fingerprint density at radius 2 is 1.89 bits per heavy atom. The van der Waals surface area contributed by atoms with Crippen LogP contribution in [0.4, 0.5) is 0 Å². The van der Waals surface area contributed by atoms with Crippen LogP contribution >= 0.6 is 0 Å². The molecule has 0 spiro atoms. The van der Waals surface area contributed by atoms with Crippen molar-refractivity contribution in [2.45, 2.75) is 24.7 Å². The summed E-state index contributed by atoms with van der Waals surface area (Å²) in [6.45, 7) is 2.86. The van der Waals surface area contributed by atoms with Gasteiger partial charge in [0.05, 0.1) is 5.52 Å². The number of pyridine rings is 1. The summed E-state index contributed by atoms with van der Waals surface area (Å²) >= 11 is 0. The number of aromatic nitrogens is 1. The third kappa shape index (κ3) is 2.36. The number of nitrogens with two attached hydrogens (primary N) is 1. The van der Waals surface area contributed by atoms with Crippen LogP contribution in [0, 0.1) is 0 Å². The van der Waals surface area contributed by atoms with E-state index < -0.39 is 0 Å². The molecule has 0 unspecified atom stereocenters. The Balaban J connectivity index is 2.04. The fourth-order valence-corrected chi connectivity index (χ4v) is 3.18. The Kier molecular flexibility index (Phi) is 3.49. The maximum Gasteiger partial charge on any atom is 0.0705 e. The smallest absolute Gasteiger partial charge is 0.0705 e. The first-order valence-corrected chi connectivity index (χ1v) is 7.11. The lowest BCUT2D eigenvalue weighted by molar-refractivity contribution is 0.285. The zero-order valence-electron chi connectivity index (χ0n) is 11.2. The Morgan fingerprint density at radius 3 is 2.68 bits per heavy atom. The molecule has 3 nitrogen and oxygen atoms in total. The van der Waals surface area contributed by atoms with E-state index in [0.717, 1.165) is 44.4 Å². The fraction of sp³-hybridized carbons (Fsp3) is 0.438. The van der Waals surface area contributed by atoms with Gasteiger partial charge in [-0.1, -0.05) is 24.3 Å². The molecule has 2 heterocycles. The van der Waals surface area contributed by atoms with Crippen molar-refractivity contribution in [2.24, 2.45) is 5.73 Å². The molecule has 0 amide bonds. The fourth-order valence-electron chi connectivity index (χ4n) is 3.18. The van der Waals surface area contributed by atoms with Crippen molar-refractivity contribution in [3.05, 3.63) is 42.1 Å². The quantitative estimate of drug-likeness (QED) is 0.884. The minimum atomic E-state index is 0.171. The van der Waals surface area contributed by atoms with E-state index in [0.29, 0.717) is 0 Å². The summed E-state index contributed by atoms with van der Waals surface area (Å²) in [4.78, 5) is 4.91. The van der Waals surface area contributed by atoms with Gasteiger partial charge in [0, 0.05) is 16.5 Å². The summed E-state index contributed by atoms with van der Waals surface area (Å²) in [6.07, 6.45) is 3.30. The standard InChI is InChI=1S/C16H21N3/c17-10-7-16(8-11-18-12-9-16)15-6-5-13-3-1-2-4-14(13)19-15/h1-6,18H,7-12,17H2. The predicted molar refractivity (Wildman–Crippen MR) is 79.2 cm³/mol. The lowest BCUT2D eigenvalue weighted by Gasteiger charge is -2.37. The van der Waals surface area contributed by atoms with Crippen molar-refractivity contribution < 1.29 is 0 Å². The molecule has 100 valence electrons. The Morgan fingerprint density at radius 1 is 1.11 bits per heavy atom. The second-order valence-electron chi connectivity index (χ2n) is 5.46. The van der Waals surface area contributed by atoms with Crippen LogP contribution in [-0.4, -0.2) is 24.6 Å². The zero-order chi connectivity index (χ0) is 13.1. The van der Waals surface area contributed by atoms with Crippen molar-refractivity contribution in [1.29, 1.82) is 0 Å².